The summed E-state index contributed by atoms with van der Waals surface area (Å²) in [7, 11) is 0. The van der Waals surface area contributed by atoms with Crippen LogP contribution in [0.1, 0.15) is 19.3 Å². The molecular weight excluding hydrogens is 307 g/mol. The van der Waals surface area contributed by atoms with Crippen LogP contribution in [0.3, 0.4) is 0 Å². The van der Waals surface area contributed by atoms with Crippen LogP contribution in [0.2, 0.25) is 0 Å². The van der Waals surface area contributed by atoms with Crippen molar-refractivity contribution >= 4 is 5.82 Å². The number of halogens is 1. The fraction of sp³-hybridized carbons (Fsp3) is 0.444. The summed E-state index contributed by atoms with van der Waals surface area (Å²) in [4.78, 5) is 13.6. The minimum absolute atomic E-state index is 0.286. The second-order valence-corrected chi connectivity index (χ2v) is 6.38. The van der Waals surface area contributed by atoms with E-state index in [1.807, 2.05) is 0 Å². The summed E-state index contributed by atoms with van der Waals surface area (Å²) >= 11 is 0. The van der Waals surface area contributed by atoms with Crippen molar-refractivity contribution in [3.8, 4) is 11.6 Å². The lowest BCUT2D eigenvalue weighted by atomic mass is 9.91. The Hall–Kier alpha value is -2.21. The van der Waals surface area contributed by atoms with Crippen LogP contribution in [0.5, 0.6) is 11.6 Å². The number of ether oxygens (including phenoxy) is 1. The number of rotatable bonds is 4. The van der Waals surface area contributed by atoms with Crippen molar-refractivity contribution in [3.05, 3.63) is 42.5 Å². The fourth-order valence-corrected chi connectivity index (χ4v) is 3.23. The lowest BCUT2D eigenvalue weighted by Gasteiger charge is -2.43. The number of anilines is 1. The van der Waals surface area contributed by atoms with Gasteiger partial charge in [-0.1, -0.05) is 6.42 Å². The van der Waals surface area contributed by atoms with Crippen LogP contribution >= 0.6 is 0 Å². The van der Waals surface area contributed by atoms with Gasteiger partial charge >= 0.3 is 0 Å². The number of benzene rings is 1. The van der Waals surface area contributed by atoms with Gasteiger partial charge in [-0.05, 0) is 37.1 Å². The molecule has 1 aliphatic carbocycles. The smallest absolute Gasteiger partial charge is 0.239 e. The number of aromatic nitrogens is 2. The third-order valence-corrected chi connectivity index (χ3v) is 4.87. The van der Waals surface area contributed by atoms with E-state index >= 15 is 0 Å². The van der Waals surface area contributed by atoms with E-state index in [9.17, 15) is 4.39 Å². The minimum atomic E-state index is -0.286. The highest BCUT2D eigenvalue weighted by Crippen LogP contribution is 2.27. The second kappa shape index (κ2) is 6.73. The van der Waals surface area contributed by atoms with Gasteiger partial charge in [0.1, 0.15) is 11.6 Å². The molecule has 0 radical (unpaired) electrons. The Morgan fingerprint density at radius 2 is 1.75 bits per heavy atom. The van der Waals surface area contributed by atoms with E-state index in [1.54, 1.807) is 24.5 Å². The van der Waals surface area contributed by atoms with Gasteiger partial charge < -0.3 is 9.64 Å². The predicted molar refractivity (Wildman–Crippen MR) is 89.9 cm³/mol. The summed E-state index contributed by atoms with van der Waals surface area (Å²) in [5.41, 5.74) is 0. The lowest BCUT2D eigenvalue weighted by molar-refractivity contribution is 0.120. The van der Waals surface area contributed by atoms with Crippen LogP contribution in [0.15, 0.2) is 36.7 Å². The molecule has 1 saturated heterocycles. The van der Waals surface area contributed by atoms with Gasteiger partial charge in [-0.2, -0.15) is 4.98 Å². The normalized spacial score (nSPS) is 19.1. The van der Waals surface area contributed by atoms with Gasteiger partial charge in [0.2, 0.25) is 5.88 Å². The van der Waals surface area contributed by atoms with Gasteiger partial charge in [0.25, 0.3) is 0 Å². The molecule has 0 amide bonds. The molecule has 2 heterocycles. The Kier molecular flexibility index (Phi) is 4.30. The first-order valence-corrected chi connectivity index (χ1v) is 8.52. The van der Waals surface area contributed by atoms with Crippen LogP contribution in [0.25, 0.3) is 0 Å². The zero-order valence-corrected chi connectivity index (χ0v) is 13.6. The van der Waals surface area contributed by atoms with Crippen LogP contribution in [0, 0.1) is 5.82 Å². The summed E-state index contributed by atoms with van der Waals surface area (Å²) in [6.45, 7) is 4.08. The van der Waals surface area contributed by atoms with Crippen LogP contribution in [0.4, 0.5) is 10.2 Å². The highest BCUT2D eigenvalue weighted by Gasteiger charge is 2.28. The zero-order valence-electron chi connectivity index (χ0n) is 13.6. The van der Waals surface area contributed by atoms with E-state index in [1.165, 1.54) is 31.4 Å². The molecule has 6 heteroatoms. The molecule has 126 valence electrons. The van der Waals surface area contributed by atoms with Crippen LogP contribution in [-0.2, 0) is 0 Å². The van der Waals surface area contributed by atoms with E-state index < -0.39 is 0 Å². The van der Waals surface area contributed by atoms with Gasteiger partial charge in [0.05, 0.1) is 12.4 Å². The first kappa shape index (κ1) is 15.3. The SMILES string of the molecule is Fc1ccc(Oc2cncc(N3CCN(C4CCC4)CC3)n2)cc1. The molecule has 24 heavy (non-hydrogen) atoms. The first-order chi connectivity index (χ1) is 11.8. The summed E-state index contributed by atoms with van der Waals surface area (Å²) < 4.78 is 18.6. The van der Waals surface area contributed by atoms with E-state index in [0.29, 0.717) is 11.6 Å². The van der Waals surface area contributed by atoms with E-state index in [4.69, 9.17) is 4.74 Å². The molecule has 2 fully saturated rings. The Morgan fingerprint density at radius 1 is 1.00 bits per heavy atom. The quantitative estimate of drug-likeness (QED) is 0.863. The minimum Gasteiger partial charge on any atom is -0.437 e. The highest BCUT2D eigenvalue weighted by molar-refractivity contribution is 5.39. The van der Waals surface area contributed by atoms with E-state index in [0.717, 1.165) is 38.0 Å². The maximum atomic E-state index is 13.0. The van der Waals surface area contributed by atoms with Gasteiger partial charge in [-0.25, -0.2) is 4.39 Å². The Bertz CT molecular complexity index is 682. The summed E-state index contributed by atoms with van der Waals surface area (Å²) in [6.07, 6.45) is 7.43. The molecular formula is C18H21FN4O. The number of nitrogens with zero attached hydrogens (tertiary/aromatic N) is 4. The monoisotopic (exact) mass is 328 g/mol. The van der Waals surface area contributed by atoms with Crippen molar-refractivity contribution in [1.82, 2.24) is 14.9 Å². The van der Waals surface area contributed by atoms with Crippen molar-refractivity contribution in [2.45, 2.75) is 25.3 Å². The molecule has 0 bridgehead atoms. The molecule has 4 rings (SSSR count). The highest BCUT2D eigenvalue weighted by atomic mass is 19.1. The molecule has 2 aromatic rings. The van der Waals surface area contributed by atoms with Gasteiger partial charge in [-0.3, -0.25) is 9.88 Å². The molecule has 0 atom stereocenters. The third kappa shape index (κ3) is 3.33. The van der Waals surface area contributed by atoms with Crippen molar-refractivity contribution in [1.29, 1.82) is 0 Å². The standard InChI is InChI=1S/C18H21FN4O/c19-14-4-6-16(7-5-14)24-18-13-20-12-17(21-18)23-10-8-22(9-11-23)15-2-1-3-15/h4-7,12-13,15H,1-3,8-11H2. The maximum absolute atomic E-state index is 13.0. The predicted octanol–water partition coefficient (Wildman–Crippen LogP) is 3.08. The van der Waals surface area contributed by atoms with Gasteiger partial charge in [-0.15, -0.1) is 0 Å². The van der Waals surface area contributed by atoms with Gasteiger partial charge in [0, 0.05) is 32.2 Å². The zero-order chi connectivity index (χ0) is 16.4. The van der Waals surface area contributed by atoms with Crippen LogP contribution < -0.4 is 9.64 Å². The molecule has 0 spiro atoms. The van der Waals surface area contributed by atoms with Crippen LogP contribution in [-0.4, -0.2) is 47.1 Å². The van der Waals surface area contributed by atoms with Crippen molar-refractivity contribution in [2.75, 3.05) is 31.1 Å². The fourth-order valence-electron chi connectivity index (χ4n) is 3.23. The molecule has 0 N–H and O–H groups in total. The Balaban J connectivity index is 1.40. The molecule has 5 nitrogen and oxygen atoms in total. The van der Waals surface area contributed by atoms with Crippen molar-refractivity contribution in [2.24, 2.45) is 0 Å². The first-order valence-electron chi connectivity index (χ1n) is 8.52. The molecule has 1 saturated carbocycles. The average molecular weight is 328 g/mol. The largest absolute Gasteiger partial charge is 0.437 e. The Labute approximate surface area is 141 Å². The molecule has 1 aromatic carbocycles. The van der Waals surface area contributed by atoms with Crippen molar-refractivity contribution in [3.63, 3.8) is 0 Å². The van der Waals surface area contributed by atoms with E-state index in [2.05, 4.69) is 19.8 Å². The number of piperazine rings is 1. The summed E-state index contributed by atoms with van der Waals surface area (Å²) in [6, 6.07) is 6.70. The van der Waals surface area contributed by atoms with E-state index in [-0.39, 0.29) is 5.82 Å². The number of hydrogen-bond donors (Lipinski definition) is 0. The maximum Gasteiger partial charge on any atom is 0.239 e. The average Bonchev–Trinajstić information content (AvgIpc) is 2.56. The lowest BCUT2D eigenvalue weighted by Crippen LogP contribution is -2.52. The van der Waals surface area contributed by atoms with Crippen molar-refractivity contribution < 1.29 is 9.13 Å². The summed E-state index contributed by atoms with van der Waals surface area (Å²) in [5, 5.41) is 0. The molecule has 1 aliphatic heterocycles. The summed E-state index contributed by atoms with van der Waals surface area (Å²) in [5.74, 6) is 1.53. The molecule has 2 aliphatic rings. The molecule has 1 aromatic heterocycles. The Morgan fingerprint density at radius 3 is 2.42 bits per heavy atom. The topological polar surface area (TPSA) is 41.5 Å². The second-order valence-electron chi connectivity index (χ2n) is 6.38. The third-order valence-electron chi connectivity index (χ3n) is 4.87. The van der Waals surface area contributed by atoms with Gasteiger partial charge in [0.15, 0.2) is 5.82 Å². The molecule has 0 unspecified atom stereocenters. The number of hydrogen-bond acceptors (Lipinski definition) is 5.